The molecule has 2 heterocycles. The van der Waals surface area contributed by atoms with Gasteiger partial charge in [0, 0.05) is 6.04 Å². The van der Waals surface area contributed by atoms with Gasteiger partial charge < -0.3 is 14.3 Å². The largest absolute Gasteiger partial charge is 0.491 e. The number of unbranched alkanes of at least 4 members (excludes halogenated alkanes) is 9. The van der Waals surface area contributed by atoms with Crippen LogP contribution in [0.15, 0.2) is 56.5 Å². The lowest BCUT2D eigenvalue weighted by Crippen LogP contribution is -2.22. The van der Waals surface area contributed by atoms with Crippen molar-refractivity contribution < 1.29 is 19.1 Å². The van der Waals surface area contributed by atoms with E-state index >= 15 is 0 Å². The van der Waals surface area contributed by atoms with Gasteiger partial charge in [0.25, 0.3) is 5.56 Å². The molecule has 43 heavy (non-hydrogen) atoms. The minimum absolute atomic E-state index is 0.0497. The van der Waals surface area contributed by atoms with E-state index in [1.54, 1.807) is 24.3 Å². The first-order valence-electron chi connectivity index (χ1n) is 15.3. The molecule has 0 radical (unpaired) electrons. The third kappa shape index (κ3) is 7.04. The SMILES string of the molecule is CCCCCCCCCCCCOC(=O)c1ccc(Cl)c(-n2c(O)c(-c3nc4ccccc4c(=O)n3C3CC3)oc2=O)c1. The van der Waals surface area contributed by atoms with Crippen LogP contribution in [0.2, 0.25) is 5.02 Å². The summed E-state index contributed by atoms with van der Waals surface area (Å²) in [5, 5.41) is 11.8. The second kappa shape index (κ2) is 14.1. The van der Waals surface area contributed by atoms with Crippen molar-refractivity contribution in [2.75, 3.05) is 6.61 Å². The van der Waals surface area contributed by atoms with Crippen LogP contribution in [0.5, 0.6) is 5.88 Å². The normalized spacial score (nSPS) is 13.1. The summed E-state index contributed by atoms with van der Waals surface area (Å²) in [6.07, 6.45) is 13.3. The molecule has 0 saturated heterocycles. The predicted molar refractivity (Wildman–Crippen MR) is 166 cm³/mol. The highest BCUT2D eigenvalue weighted by Gasteiger charge is 2.32. The predicted octanol–water partition coefficient (Wildman–Crippen LogP) is 7.58. The number of nitrogens with zero attached hydrogens (tertiary/aromatic N) is 3. The van der Waals surface area contributed by atoms with Gasteiger partial charge in [0.15, 0.2) is 5.82 Å². The third-order valence-corrected chi connectivity index (χ3v) is 8.18. The monoisotopic (exact) mass is 607 g/mol. The quantitative estimate of drug-likeness (QED) is 0.109. The molecule has 1 fully saturated rings. The lowest BCUT2D eigenvalue weighted by molar-refractivity contribution is 0.0497. The first-order valence-corrected chi connectivity index (χ1v) is 15.7. The Morgan fingerprint density at radius 1 is 1.00 bits per heavy atom. The van der Waals surface area contributed by atoms with Crippen LogP contribution in [-0.2, 0) is 4.74 Å². The lowest BCUT2D eigenvalue weighted by atomic mass is 10.1. The number of oxazole rings is 1. The summed E-state index contributed by atoms with van der Waals surface area (Å²) >= 11 is 6.42. The number of para-hydroxylation sites is 1. The Morgan fingerprint density at radius 3 is 2.37 bits per heavy atom. The van der Waals surface area contributed by atoms with Crippen LogP contribution >= 0.6 is 11.6 Å². The molecule has 0 bridgehead atoms. The lowest BCUT2D eigenvalue weighted by Gasteiger charge is -2.11. The number of aromatic nitrogens is 3. The molecule has 10 heteroatoms. The topological polar surface area (TPSA) is 117 Å². The summed E-state index contributed by atoms with van der Waals surface area (Å²) in [5.74, 6) is -2.24. The van der Waals surface area contributed by atoms with Crippen molar-refractivity contribution in [1.29, 1.82) is 0 Å². The van der Waals surface area contributed by atoms with Gasteiger partial charge in [-0.2, -0.15) is 0 Å². The van der Waals surface area contributed by atoms with Gasteiger partial charge in [-0.25, -0.2) is 19.1 Å². The number of halogens is 1. The zero-order chi connectivity index (χ0) is 30.3. The number of carbonyl (C=O) groups excluding carboxylic acids is 1. The molecule has 1 aliphatic rings. The van der Waals surface area contributed by atoms with Gasteiger partial charge in [0.2, 0.25) is 11.6 Å². The Morgan fingerprint density at radius 2 is 1.67 bits per heavy atom. The Hall–Kier alpha value is -3.85. The number of esters is 1. The number of carbonyl (C=O) groups is 1. The summed E-state index contributed by atoms with van der Waals surface area (Å²) in [5.41, 5.74) is 0.371. The molecule has 2 aromatic heterocycles. The Kier molecular flexibility index (Phi) is 10.0. The Bertz CT molecular complexity index is 1700. The molecule has 0 spiro atoms. The fourth-order valence-electron chi connectivity index (χ4n) is 5.35. The second-order valence-corrected chi connectivity index (χ2v) is 11.6. The van der Waals surface area contributed by atoms with Crippen molar-refractivity contribution in [3.63, 3.8) is 0 Å². The van der Waals surface area contributed by atoms with Crippen molar-refractivity contribution in [2.24, 2.45) is 0 Å². The smallest absolute Gasteiger partial charge is 0.427 e. The molecule has 9 nitrogen and oxygen atoms in total. The van der Waals surface area contributed by atoms with E-state index < -0.39 is 17.6 Å². The Labute approximate surface area is 255 Å². The van der Waals surface area contributed by atoms with Gasteiger partial charge in [-0.1, -0.05) is 88.4 Å². The van der Waals surface area contributed by atoms with Gasteiger partial charge in [0.1, 0.15) is 0 Å². The van der Waals surface area contributed by atoms with E-state index in [1.807, 2.05) is 0 Å². The summed E-state index contributed by atoms with van der Waals surface area (Å²) in [7, 11) is 0. The number of aromatic hydroxyl groups is 1. The molecule has 0 unspecified atom stereocenters. The van der Waals surface area contributed by atoms with Crippen molar-refractivity contribution in [2.45, 2.75) is 90.0 Å². The van der Waals surface area contributed by atoms with Gasteiger partial charge in [-0.15, -0.1) is 0 Å². The van der Waals surface area contributed by atoms with E-state index in [-0.39, 0.29) is 39.5 Å². The molecule has 0 atom stereocenters. The van der Waals surface area contributed by atoms with Gasteiger partial charge in [0.05, 0.1) is 33.8 Å². The highest BCUT2D eigenvalue weighted by Crippen LogP contribution is 2.39. The average molecular weight is 608 g/mol. The Balaban J connectivity index is 1.29. The number of fused-ring (bicyclic) bond motifs is 1. The molecule has 1 N–H and O–H groups in total. The summed E-state index contributed by atoms with van der Waals surface area (Å²) in [6.45, 7) is 2.51. The molecule has 228 valence electrons. The van der Waals surface area contributed by atoms with Gasteiger partial charge in [-0.05, 0) is 49.6 Å². The summed E-state index contributed by atoms with van der Waals surface area (Å²) < 4.78 is 13.3. The molecule has 5 rings (SSSR count). The molecule has 4 aromatic rings. The zero-order valence-corrected chi connectivity index (χ0v) is 25.3. The summed E-state index contributed by atoms with van der Waals surface area (Å²) in [4.78, 5) is 43.7. The van der Waals surface area contributed by atoms with E-state index in [9.17, 15) is 19.5 Å². The maximum absolute atomic E-state index is 13.3. The maximum Gasteiger partial charge on any atom is 0.427 e. The van der Waals surface area contributed by atoms with Crippen LogP contribution in [0.4, 0.5) is 0 Å². The minimum Gasteiger partial charge on any atom is -0.491 e. The van der Waals surface area contributed by atoms with Crippen LogP contribution in [0.3, 0.4) is 0 Å². The number of ether oxygens (including phenoxy) is 1. The standard InChI is InChI=1S/C33H38ClN3O6/c1-2-3-4-5-6-7-8-9-10-13-20-42-32(40)22-16-19-25(34)27(21-22)37-31(39)28(43-33(37)41)29-35-26-15-12-11-14-24(26)30(38)36(29)23-17-18-23/h11-12,14-16,19,21,23,39H,2-10,13,17-18,20H2,1H3. The zero-order valence-electron chi connectivity index (χ0n) is 24.5. The molecule has 0 amide bonds. The van der Waals surface area contributed by atoms with Crippen LogP contribution in [0, 0.1) is 0 Å². The average Bonchev–Trinajstić information content (AvgIpc) is 3.80. The molecule has 1 aliphatic carbocycles. The molecule has 0 aliphatic heterocycles. The van der Waals surface area contributed by atoms with Crippen LogP contribution < -0.4 is 11.3 Å². The molecular weight excluding hydrogens is 570 g/mol. The van der Waals surface area contributed by atoms with Gasteiger partial charge in [-0.3, -0.25) is 9.36 Å². The van der Waals surface area contributed by atoms with Crippen LogP contribution in [0.1, 0.15) is 100 Å². The van der Waals surface area contributed by atoms with E-state index in [0.29, 0.717) is 17.5 Å². The number of rotatable bonds is 15. The van der Waals surface area contributed by atoms with E-state index in [2.05, 4.69) is 11.9 Å². The van der Waals surface area contributed by atoms with E-state index in [4.69, 9.17) is 20.8 Å². The third-order valence-electron chi connectivity index (χ3n) is 7.86. The maximum atomic E-state index is 13.3. The molecular formula is C33H38ClN3O6. The summed E-state index contributed by atoms with van der Waals surface area (Å²) in [6, 6.07) is 11.1. The second-order valence-electron chi connectivity index (χ2n) is 11.2. The highest BCUT2D eigenvalue weighted by molar-refractivity contribution is 6.32. The first-order chi connectivity index (χ1) is 20.9. The van der Waals surface area contributed by atoms with Crippen LogP contribution in [-0.4, -0.2) is 31.8 Å². The van der Waals surface area contributed by atoms with E-state index in [0.717, 1.165) is 36.7 Å². The van der Waals surface area contributed by atoms with Crippen molar-refractivity contribution >= 4 is 28.5 Å². The van der Waals surface area contributed by atoms with E-state index in [1.165, 1.54) is 67.7 Å². The number of hydrogen-bond donors (Lipinski definition) is 1. The molecule has 2 aromatic carbocycles. The van der Waals surface area contributed by atoms with Crippen LogP contribution in [0.25, 0.3) is 28.2 Å². The van der Waals surface area contributed by atoms with Crippen molar-refractivity contribution in [3.8, 4) is 23.2 Å². The first kappa shape index (κ1) is 30.6. The fourth-order valence-corrected chi connectivity index (χ4v) is 5.55. The molecule has 1 saturated carbocycles. The highest BCUT2D eigenvalue weighted by atomic mass is 35.5. The minimum atomic E-state index is -0.935. The van der Waals surface area contributed by atoms with Gasteiger partial charge >= 0.3 is 11.7 Å². The van der Waals surface area contributed by atoms with Crippen molar-refractivity contribution in [3.05, 3.63) is 74.0 Å². The number of hydrogen-bond acceptors (Lipinski definition) is 7. The number of benzene rings is 2. The fraction of sp³-hybridized carbons (Fsp3) is 0.455. The van der Waals surface area contributed by atoms with Crippen molar-refractivity contribution in [1.82, 2.24) is 14.1 Å².